The fraction of sp³-hybridized carbons (Fsp3) is 0.105. The molecule has 0 atom stereocenters. The predicted molar refractivity (Wildman–Crippen MR) is 99.4 cm³/mol. The van der Waals surface area contributed by atoms with E-state index >= 15 is 0 Å². The standard InChI is InChI=1S/C16H17NO2S.C3H4O2/c1-13-9-7-8-12-16(13)20(18,19)17(3)14(2)15-10-5-4-6-11-15;1-2-3(4)5/h4-12H,2H2,1,3H3;2H,1H2,(H,4,5). The van der Waals surface area contributed by atoms with Crippen molar-refractivity contribution < 1.29 is 18.3 Å². The van der Waals surface area contributed by atoms with Crippen molar-refractivity contribution in [3.8, 4) is 0 Å². The molecule has 0 saturated carbocycles. The molecule has 2 aromatic carbocycles. The monoisotopic (exact) mass is 359 g/mol. The van der Waals surface area contributed by atoms with Crippen LogP contribution in [0.2, 0.25) is 0 Å². The summed E-state index contributed by atoms with van der Waals surface area (Å²) in [5.41, 5.74) is 1.96. The lowest BCUT2D eigenvalue weighted by molar-refractivity contribution is -0.131. The normalized spacial score (nSPS) is 10.2. The summed E-state index contributed by atoms with van der Waals surface area (Å²) < 4.78 is 26.5. The first-order valence-electron chi connectivity index (χ1n) is 7.36. The summed E-state index contributed by atoms with van der Waals surface area (Å²) in [6, 6.07) is 16.2. The van der Waals surface area contributed by atoms with Crippen LogP contribution in [0.15, 0.2) is 78.7 Å². The van der Waals surface area contributed by atoms with Gasteiger partial charge in [0.2, 0.25) is 0 Å². The lowest BCUT2D eigenvalue weighted by Crippen LogP contribution is -2.25. The highest BCUT2D eigenvalue weighted by atomic mass is 32.2. The fourth-order valence-electron chi connectivity index (χ4n) is 1.95. The molecular formula is C19H21NO4S. The molecule has 0 unspecified atom stereocenters. The van der Waals surface area contributed by atoms with Crippen molar-refractivity contribution in [2.45, 2.75) is 11.8 Å². The Morgan fingerprint density at radius 2 is 1.56 bits per heavy atom. The number of carbonyl (C=O) groups is 1. The van der Waals surface area contributed by atoms with Gasteiger partial charge in [-0.3, -0.25) is 4.31 Å². The number of sulfonamides is 1. The number of benzene rings is 2. The minimum absolute atomic E-state index is 0.305. The quantitative estimate of drug-likeness (QED) is 0.829. The van der Waals surface area contributed by atoms with Crippen LogP contribution in [0, 0.1) is 6.92 Å². The number of carboxylic acid groups (broad SMARTS) is 1. The minimum Gasteiger partial charge on any atom is -0.478 e. The van der Waals surface area contributed by atoms with Crippen LogP contribution in [0.1, 0.15) is 11.1 Å². The second-order valence-corrected chi connectivity index (χ2v) is 7.03. The molecule has 0 aliphatic carbocycles. The Bertz CT molecular complexity index is 858. The molecule has 0 radical (unpaired) electrons. The molecule has 0 aromatic heterocycles. The van der Waals surface area contributed by atoms with Gasteiger partial charge in [-0.2, -0.15) is 0 Å². The van der Waals surface area contributed by atoms with Gasteiger partial charge in [-0.15, -0.1) is 0 Å². The van der Waals surface area contributed by atoms with Gasteiger partial charge < -0.3 is 5.11 Å². The second kappa shape index (κ2) is 8.84. The van der Waals surface area contributed by atoms with Crippen molar-refractivity contribution in [2.75, 3.05) is 7.05 Å². The molecule has 6 heteroatoms. The van der Waals surface area contributed by atoms with Crippen molar-refractivity contribution in [3.05, 3.63) is 85.0 Å². The van der Waals surface area contributed by atoms with Gasteiger partial charge in [0.25, 0.3) is 10.0 Å². The first-order chi connectivity index (χ1) is 11.7. The highest BCUT2D eigenvalue weighted by Gasteiger charge is 2.23. The van der Waals surface area contributed by atoms with Crippen molar-refractivity contribution in [1.29, 1.82) is 0 Å². The van der Waals surface area contributed by atoms with E-state index in [1.807, 2.05) is 36.4 Å². The average Bonchev–Trinajstić information content (AvgIpc) is 2.61. The largest absolute Gasteiger partial charge is 0.478 e. The predicted octanol–water partition coefficient (Wildman–Crippen LogP) is 3.54. The van der Waals surface area contributed by atoms with Gasteiger partial charge in [-0.1, -0.05) is 61.7 Å². The smallest absolute Gasteiger partial charge is 0.327 e. The summed E-state index contributed by atoms with van der Waals surface area (Å²) in [5, 5.41) is 7.60. The summed E-state index contributed by atoms with van der Waals surface area (Å²) in [7, 11) is -2.06. The molecule has 1 N–H and O–H groups in total. The Kier molecular flexibility index (Phi) is 7.14. The van der Waals surface area contributed by atoms with Gasteiger partial charge in [0.15, 0.2) is 0 Å². The molecule has 0 bridgehead atoms. The van der Waals surface area contributed by atoms with Crippen LogP contribution in [0.25, 0.3) is 5.70 Å². The number of hydrogen-bond donors (Lipinski definition) is 1. The van der Waals surface area contributed by atoms with Crippen LogP contribution in [-0.4, -0.2) is 30.8 Å². The van der Waals surface area contributed by atoms with Crippen LogP contribution in [0.5, 0.6) is 0 Å². The van der Waals surface area contributed by atoms with E-state index in [4.69, 9.17) is 5.11 Å². The SMILES string of the molecule is C=C(c1ccccc1)N(C)S(=O)(=O)c1ccccc1C.C=CC(=O)O. The highest BCUT2D eigenvalue weighted by molar-refractivity contribution is 7.89. The fourth-order valence-corrected chi connectivity index (χ4v) is 3.37. The molecule has 0 heterocycles. The van der Waals surface area contributed by atoms with E-state index in [0.29, 0.717) is 10.6 Å². The maximum Gasteiger partial charge on any atom is 0.327 e. The molecule has 0 aliphatic heterocycles. The van der Waals surface area contributed by atoms with Gasteiger partial charge in [0.05, 0.1) is 10.6 Å². The average molecular weight is 359 g/mol. The van der Waals surface area contributed by atoms with E-state index in [1.54, 1.807) is 25.1 Å². The number of rotatable bonds is 5. The number of carboxylic acids is 1. The van der Waals surface area contributed by atoms with Crippen LogP contribution in [-0.2, 0) is 14.8 Å². The van der Waals surface area contributed by atoms with Crippen molar-refractivity contribution in [1.82, 2.24) is 4.31 Å². The third-order valence-corrected chi connectivity index (χ3v) is 5.35. The Hall–Kier alpha value is -2.86. The Morgan fingerprint density at radius 1 is 1.08 bits per heavy atom. The molecular weight excluding hydrogens is 338 g/mol. The van der Waals surface area contributed by atoms with Gasteiger partial charge in [0, 0.05) is 13.1 Å². The first kappa shape index (κ1) is 20.2. The molecule has 25 heavy (non-hydrogen) atoms. The molecule has 2 aromatic rings. The summed E-state index contributed by atoms with van der Waals surface area (Å²) in [4.78, 5) is 9.56. The molecule has 0 spiro atoms. The van der Waals surface area contributed by atoms with E-state index in [2.05, 4.69) is 13.2 Å². The Labute approximate surface area is 148 Å². The summed E-state index contributed by atoms with van der Waals surface area (Å²) in [6.07, 6.45) is 0.833. The van der Waals surface area contributed by atoms with Gasteiger partial charge >= 0.3 is 5.97 Å². The summed E-state index contributed by atoms with van der Waals surface area (Å²) in [5.74, 6) is -0.981. The Balaban J connectivity index is 0.000000550. The molecule has 0 saturated heterocycles. The van der Waals surface area contributed by atoms with E-state index in [1.165, 1.54) is 11.4 Å². The van der Waals surface area contributed by atoms with Gasteiger partial charge in [-0.25, -0.2) is 13.2 Å². The number of aliphatic carboxylic acids is 1. The van der Waals surface area contributed by atoms with Gasteiger partial charge in [0.1, 0.15) is 0 Å². The third-order valence-electron chi connectivity index (χ3n) is 3.39. The minimum atomic E-state index is -3.58. The third kappa shape index (κ3) is 5.32. The lowest BCUT2D eigenvalue weighted by Gasteiger charge is -2.22. The van der Waals surface area contributed by atoms with Crippen LogP contribution in [0.3, 0.4) is 0 Å². The zero-order valence-electron chi connectivity index (χ0n) is 14.2. The van der Waals surface area contributed by atoms with Crippen molar-refractivity contribution in [2.24, 2.45) is 0 Å². The van der Waals surface area contributed by atoms with E-state index < -0.39 is 16.0 Å². The lowest BCUT2D eigenvalue weighted by atomic mass is 10.2. The molecule has 5 nitrogen and oxygen atoms in total. The molecule has 0 fully saturated rings. The molecule has 0 amide bonds. The van der Waals surface area contributed by atoms with Crippen molar-refractivity contribution in [3.63, 3.8) is 0 Å². The molecule has 132 valence electrons. The zero-order valence-corrected chi connectivity index (χ0v) is 15.0. The Morgan fingerprint density at radius 3 is 2.04 bits per heavy atom. The number of hydrogen-bond acceptors (Lipinski definition) is 3. The topological polar surface area (TPSA) is 74.7 Å². The van der Waals surface area contributed by atoms with E-state index in [9.17, 15) is 13.2 Å². The van der Waals surface area contributed by atoms with Crippen LogP contribution >= 0.6 is 0 Å². The van der Waals surface area contributed by atoms with Crippen LogP contribution < -0.4 is 0 Å². The highest BCUT2D eigenvalue weighted by Crippen LogP contribution is 2.25. The number of aryl methyl sites for hydroxylation is 1. The molecule has 2 rings (SSSR count). The van der Waals surface area contributed by atoms with Gasteiger partial charge in [-0.05, 0) is 24.1 Å². The van der Waals surface area contributed by atoms with Crippen LogP contribution in [0.4, 0.5) is 0 Å². The summed E-state index contributed by atoms with van der Waals surface area (Å²) in [6.45, 7) is 8.64. The van der Waals surface area contributed by atoms with E-state index in [0.717, 1.165) is 17.2 Å². The summed E-state index contributed by atoms with van der Waals surface area (Å²) >= 11 is 0. The number of nitrogens with zero attached hydrogens (tertiary/aromatic N) is 1. The first-order valence-corrected chi connectivity index (χ1v) is 8.80. The van der Waals surface area contributed by atoms with Crippen molar-refractivity contribution >= 4 is 21.7 Å². The second-order valence-electron chi connectivity index (χ2n) is 5.09. The maximum absolute atomic E-state index is 12.6. The molecule has 0 aliphatic rings. The zero-order chi connectivity index (χ0) is 19.0. The van der Waals surface area contributed by atoms with E-state index in [-0.39, 0.29) is 0 Å². The maximum atomic E-state index is 12.6.